The molecule has 6 atom stereocenters. The summed E-state index contributed by atoms with van der Waals surface area (Å²) >= 11 is 0. The highest BCUT2D eigenvalue weighted by atomic mass is 16.4. The molecule has 5 heteroatoms. The van der Waals surface area contributed by atoms with Gasteiger partial charge in [0.15, 0.2) is 0 Å². The van der Waals surface area contributed by atoms with Crippen molar-refractivity contribution in [2.45, 2.75) is 38.6 Å². The van der Waals surface area contributed by atoms with Crippen molar-refractivity contribution in [3.05, 3.63) is 12.2 Å². The summed E-state index contributed by atoms with van der Waals surface area (Å²) in [5.41, 5.74) is -0.990. The molecule has 0 aromatic heterocycles. The number of likely N-dealkylation sites (tertiary alicyclic amines) is 1. The third kappa shape index (κ3) is 1.44. The van der Waals surface area contributed by atoms with E-state index in [4.69, 9.17) is 0 Å². The van der Waals surface area contributed by atoms with Crippen LogP contribution in [-0.2, 0) is 14.4 Å². The molecule has 4 rings (SSSR count). The quantitative estimate of drug-likeness (QED) is 0.616. The van der Waals surface area contributed by atoms with Gasteiger partial charge in [-0.3, -0.25) is 19.3 Å². The largest absolute Gasteiger partial charge is 0.481 e. The van der Waals surface area contributed by atoms with E-state index < -0.39 is 17.4 Å². The van der Waals surface area contributed by atoms with Crippen LogP contribution in [0.3, 0.4) is 0 Å². The van der Waals surface area contributed by atoms with Crippen LogP contribution >= 0.6 is 0 Å². The monoisotopic (exact) mass is 289 g/mol. The van der Waals surface area contributed by atoms with Crippen LogP contribution in [0.5, 0.6) is 0 Å². The molecule has 1 saturated heterocycles. The minimum Gasteiger partial charge on any atom is -0.481 e. The molecule has 3 fully saturated rings. The predicted octanol–water partition coefficient (Wildman–Crippen LogP) is 1.44. The Morgan fingerprint density at radius 3 is 2.33 bits per heavy atom. The smallest absolute Gasteiger partial charge is 0.311 e. The maximum Gasteiger partial charge on any atom is 0.311 e. The van der Waals surface area contributed by atoms with Crippen molar-refractivity contribution in [1.29, 1.82) is 0 Å². The Labute approximate surface area is 123 Å². The highest BCUT2D eigenvalue weighted by Crippen LogP contribution is 2.55. The first-order valence-corrected chi connectivity index (χ1v) is 7.74. The molecular formula is C16H19NO4. The predicted molar refractivity (Wildman–Crippen MR) is 73.0 cm³/mol. The number of aliphatic carboxylic acids is 1. The lowest BCUT2D eigenvalue weighted by atomic mass is 9.84. The maximum atomic E-state index is 12.8. The summed E-state index contributed by atoms with van der Waals surface area (Å²) in [4.78, 5) is 38.5. The van der Waals surface area contributed by atoms with E-state index in [9.17, 15) is 19.5 Å². The van der Waals surface area contributed by atoms with Gasteiger partial charge < -0.3 is 5.11 Å². The second-order valence-corrected chi connectivity index (χ2v) is 7.18. The lowest BCUT2D eigenvalue weighted by molar-refractivity contribution is -0.155. The van der Waals surface area contributed by atoms with E-state index >= 15 is 0 Å². The van der Waals surface area contributed by atoms with E-state index in [0.29, 0.717) is 12.8 Å². The van der Waals surface area contributed by atoms with Crippen LogP contribution in [0.15, 0.2) is 12.2 Å². The van der Waals surface area contributed by atoms with E-state index in [2.05, 4.69) is 12.2 Å². The average Bonchev–Trinajstić information content (AvgIpc) is 3.16. The molecule has 2 saturated carbocycles. The number of hydrogen-bond donors (Lipinski definition) is 1. The number of nitrogens with zero attached hydrogens (tertiary/aromatic N) is 1. The van der Waals surface area contributed by atoms with Crippen molar-refractivity contribution in [2.24, 2.45) is 29.1 Å². The average molecular weight is 289 g/mol. The Balaban J connectivity index is 1.70. The molecule has 5 nitrogen and oxygen atoms in total. The van der Waals surface area contributed by atoms with Crippen molar-refractivity contribution < 1.29 is 19.5 Å². The Hall–Kier alpha value is -1.65. The number of amides is 2. The lowest BCUT2D eigenvalue weighted by Crippen LogP contribution is -2.50. The van der Waals surface area contributed by atoms with Crippen LogP contribution in [0, 0.1) is 29.1 Å². The maximum absolute atomic E-state index is 12.8. The summed E-state index contributed by atoms with van der Waals surface area (Å²) in [6.07, 6.45) is 6.93. The second kappa shape index (κ2) is 3.96. The summed E-state index contributed by atoms with van der Waals surface area (Å²) in [6, 6.07) is -0.472. The molecule has 1 aliphatic heterocycles. The fourth-order valence-corrected chi connectivity index (χ4v) is 5.04. The minimum atomic E-state index is -0.990. The van der Waals surface area contributed by atoms with Crippen LogP contribution in [0.2, 0.25) is 0 Å². The molecule has 1 N–H and O–H groups in total. The number of rotatable bonds is 2. The molecule has 0 radical (unpaired) electrons. The van der Waals surface area contributed by atoms with Crippen LogP contribution in [0.1, 0.15) is 32.6 Å². The number of carbonyl (C=O) groups excluding carboxylic acids is 2. The van der Waals surface area contributed by atoms with Gasteiger partial charge in [0.2, 0.25) is 11.8 Å². The summed E-state index contributed by atoms with van der Waals surface area (Å²) in [5, 5.41) is 9.53. The van der Waals surface area contributed by atoms with E-state index in [1.165, 1.54) is 4.90 Å². The highest BCUT2D eigenvalue weighted by Gasteiger charge is 2.63. The minimum absolute atomic E-state index is 0.124. The lowest BCUT2D eigenvalue weighted by Gasteiger charge is -2.34. The molecule has 0 aromatic carbocycles. The van der Waals surface area contributed by atoms with E-state index in [-0.39, 0.29) is 35.5 Å². The molecule has 112 valence electrons. The van der Waals surface area contributed by atoms with Gasteiger partial charge >= 0.3 is 5.97 Å². The number of carbonyl (C=O) groups is 3. The van der Waals surface area contributed by atoms with E-state index in [0.717, 1.165) is 12.8 Å². The SMILES string of the molecule is CC1(C(=O)O)CCCC1N1C(=O)C2C3C=CC(C3)C2C1=O. The van der Waals surface area contributed by atoms with Crippen molar-refractivity contribution in [1.82, 2.24) is 4.90 Å². The third-order valence-electron chi connectivity index (χ3n) is 6.21. The number of carboxylic acid groups (broad SMARTS) is 1. The molecule has 0 spiro atoms. The molecule has 1 heterocycles. The number of fused-ring (bicyclic) bond motifs is 5. The molecule has 3 aliphatic carbocycles. The molecule has 2 bridgehead atoms. The second-order valence-electron chi connectivity index (χ2n) is 7.18. The summed E-state index contributed by atoms with van der Waals surface area (Å²) in [7, 11) is 0. The van der Waals surface area contributed by atoms with E-state index in [1.54, 1.807) is 6.92 Å². The summed E-state index contributed by atoms with van der Waals surface area (Å²) < 4.78 is 0. The van der Waals surface area contributed by atoms with Crippen molar-refractivity contribution in [3.63, 3.8) is 0 Å². The van der Waals surface area contributed by atoms with Gasteiger partial charge in [-0.1, -0.05) is 18.6 Å². The molecule has 4 aliphatic rings. The first-order valence-electron chi connectivity index (χ1n) is 7.74. The Kier molecular flexibility index (Phi) is 2.46. The zero-order chi connectivity index (χ0) is 14.9. The molecule has 0 aromatic rings. The summed E-state index contributed by atoms with van der Waals surface area (Å²) in [5.74, 6) is -1.25. The Bertz CT molecular complexity index is 553. The van der Waals surface area contributed by atoms with Crippen molar-refractivity contribution in [2.75, 3.05) is 0 Å². The highest BCUT2D eigenvalue weighted by molar-refractivity contribution is 6.07. The van der Waals surface area contributed by atoms with Crippen LogP contribution < -0.4 is 0 Å². The fraction of sp³-hybridized carbons (Fsp3) is 0.688. The Morgan fingerprint density at radius 2 is 1.81 bits per heavy atom. The van der Waals surface area contributed by atoms with Gasteiger partial charge in [-0.15, -0.1) is 0 Å². The number of allylic oxidation sites excluding steroid dienone is 2. The standard InChI is InChI=1S/C16H19NO4/c1-16(15(20)21)6-2-3-10(16)17-13(18)11-8-4-5-9(7-8)12(11)14(17)19/h4-5,8-12H,2-3,6-7H2,1H3,(H,20,21). The normalized spacial score (nSPS) is 47.5. The third-order valence-corrected chi connectivity index (χ3v) is 6.21. The first kappa shape index (κ1) is 13.0. The van der Waals surface area contributed by atoms with Gasteiger partial charge in [0.1, 0.15) is 0 Å². The van der Waals surface area contributed by atoms with Crippen LogP contribution in [0.25, 0.3) is 0 Å². The number of carboxylic acids is 1. The van der Waals surface area contributed by atoms with E-state index in [1.807, 2.05) is 0 Å². The van der Waals surface area contributed by atoms with Crippen LogP contribution in [0.4, 0.5) is 0 Å². The molecule has 2 amide bonds. The molecular weight excluding hydrogens is 270 g/mol. The van der Waals surface area contributed by atoms with Crippen molar-refractivity contribution >= 4 is 17.8 Å². The fourth-order valence-electron chi connectivity index (χ4n) is 5.04. The Morgan fingerprint density at radius 1 is 1.24 bits per heavy atom. The zero-order valence-electron chi connectivity index (χ0n) is 12.0. The van der Waals surface area contributed by atoms with Gasteiger partial charge in [-0.2, -0.15) is 0 Å². The van der Waals surface area contributed by atoms with Gasteiger partial charge in [0.25, 0.3) is 0 Å². The van der Waals surface area contributed by atoms with Crippen molar-refractivity contribution in [3.8, 4) is 0 Å². The first-order chi connectivity index (χ1) is 9.95. The number of hydrogen-bond acceptors (Lipinski definition) is 3. The van der Waals surface area contributed by atoms with Gasteiger partial charge in [0, 0.05) is 0 Å². The summed E-state index contributed by atoms with van der Waals surface area (Å²) in [6.45, 7) is 1.68. The number of imide groups is 1. The van der Waals surface area contributed by atoms with Gasteiger partial charge in [-0.25, -0.2) is 0 Å². The van der Waals surface area contributed by atoms with Crippen LogP contribution in [-0.4, -0.2) is 33.8 Å². The zero-order valence-corrected chi connectivity index (χ0v) is 12.0. The molecule has 6 unspecified atom stereocenters. The van der Waals surface area contributed by atoms with Gasteiger partial charge in [0.05, 0.1) is 23.3 Å². The molecule has 21 heavy (non-hydrogen) atoms. The van der Waals surface area contributed by atoms with Gasteiger partial charge in [-0.05, 0) is 38.0 Å². The topological polar surface area (TPSA) is 74.7 Å².